The minimum absolute atomic E-state index is 0.0192. The molecule has 2 rings (SSSR count). The molecule has 0 saturated carbocycles. The van der Waals surface area contributed by atoms with Crippen molar-refractivity contribution in [3.05, 3.63) is 64.7 Å². The van der Waals surface area contributed by atoms with E-state index in [1.807, 2.05) is 56.3 Å². The third-order valence-corrected chi connectivity index (χ3v) is 3.42. The molecule has 0 heterocycles. The van der Waals surface area contributed by atoms with Crippen LogP contribution >= 0.6 is 0 Å². The molecule has 3 heteroatoms. The maximum atomic E-state index is 12.5. The van der Waals surface area contributed by atoms with Crippen LogP contribution in [0, 0.1) is 13.8 Å². The lowest BCUT2D eigenvalue weighted by Gasteiger charge is -2.19. The molecule has 1 amide bonds. The highest BCUT2D eigenvalue weighted by atomic mass is 16.2. The van der Waals surface area contributed by atoms with Gasteiger partial charge in [-0.3, -0.25) is 4.79 Å². The Balaban J connectivity index is 2.19. The lowest BCUT2D eigenvalue weighted by molar-refractivity contribution is 0.0784. The van der Waals surface area contributed by atoms with Crippen molar-refractivity contribution >= 4 is 11.6 Å². The fourth-order valence-corrected chi connectivity index (χ4v) is 2.26. The molecule has 2 aromatic rings. The average Bonchev–Trinajstić information content (AvgIpc) is 2.40. The number of amides is 1. The van der Waals surface area contributed by atoms with Gasteiger partial charge in [0.25, 0.3) is 5.91 Å². The smallest absolute Gasteiger partial charge is 0.254 e. The molecule has 3 nitrogen and oxygen atoms in total. The third kappa shape index (κ3) is 2.99. The third-order valence-electron chi connectivity index (χ3n) is 3.42. The van der Waals surface area contributed by atoms with Crippen LogP contribution in [0.5, 0.6) is 0 Å². The summed E-state index contributed by atoms with van der Waals surface area (Å²) in [7, 11) is 1.80. The maximum Gasteiger partial charge on any atom is 0.254 e. The Hall–Kier alpha value is -2.29. The number of hydrogen-bond acceptors (Lipinski definition) is 2. The largest absolute Gasteiger partial charge is 0.398 e. The SMILES string of the molecule is Cc1ccc(C(=O)N(C)Cc2ccccc2N)c(C)c1. The highest BCUT2D eigenvalue weighted by molar-refractivity contribution is 5.95. The Morgan fingerprint density at radius 1 is 1.15 bits per heavy atom. The van der Waals surface area contributed by atoms with Gasteiger partial charge < -0.3 is 10.6 Å². The first-order chi connectivity index (χ1) is 9.49. The predicted octanol–water partition coefficient (Wildman–Crippen LogP) is 3.16. The van der Waals surface area contributed by atoms with Gasteiger partial charge >= 0.3 is 0 Å². The Labute approximate surface area is 120 Å². The van der Waals surface area contributed by atoms with E-state index in [4.69, 9.17) is 5.73 Å². The number of hydrogen-bond donors (Lipinski definition) is 1. The summed E-state index contributed by atoms with van der Waals surface area (Å²) in [5.41, 5.74) is 10.5. The van der Waals surface area contributed by atoms with Crippen molar-refractivity contribution in [3.63, 3.8) is 0 Å². The van der Waals surface area contributed by atoms with Gasteiger partial charge in [0.05, 0.1) is 0 Å². The number of carbonyl (C=O) groups excluding carboxylic acids is 1. The monoisotopic (exact) mass is 268 g/mol. The van der Waals surface area contributed by atoms with Gasteiger partial charge in [-0.1, -0.05) is 35.9 Å². The van der Waals surface area contributed by atoms with E-state index in [0.717, 1.165) is 22.3 Å². The van der Waals surface area contributed by atoms with E-state index >= 15 is 0 Å². The Bertz CT molecular complexity index is 635. The van der Waals surface area contributed by atoms with E-state index in [1.165, 1.54) is 0 Å². The highest BCUT2D eigenvalue weighted by Crippen LogP contribution is 2.16. The molecule has 104 valence electrons. The van der Waals surface area contributed by atoms with Crippen molar-refractivity contribution in [3.8, 4) is 0 Å². The molecule has 0 bridgehead atoms. The minimum Gasteiger partial charge on any atom is -0.398 e. The summed E-state index contributed by atoms with van der Waals surface area (Å²) < 4.78 is 0. The zero-order valence-corrected chi connectivity index (χ0v) is 12.2. The summed E-state index contributed by atoms with van der Waals surface area (Å²) in [5.74, 6) is 0.0192. The van der Waals surface area contributed by atoms with Crippen LogP contribution in [0.4, 0.5) is 5.69 Å². The van der Waals surface area contributed by atoms with Crippen molar-refractivity contribution in [1.82, 2.24) is 4.90 Å². The molecule has 2 N–H and O–H groups in total. The topological polar surface area (TPSA) is 46.3 Å². The summed E-state index contributed by atoms with van der Waals surface area (Å²) in [6.45, 7) is 4.50. The van der Waals surface area contributed by atoms with Crippen LogP contribution in [-0.4, -0.2) is 17.9 Å². The zero-order valence-electron chi connectivity index (χ0n) is 12.2. The number of aryl methyl sites for hydroxylation is 2. The zero-order chi connectivity index (χ0) is 14.7. The van der Waals surface area contributed by atoms with Crippen LogP contribution in [0.3, 0.4) is 0 Å². The first-order valence-electron chi connectivity index (χ1n) is 6.65. The second-order valence-electron chi connectivity index (χ2n) is 5.18. The molecule has 0 spiro atoms. The second kappa shape index (κ2) is 5.78. The molecule has 0 aliphatic heterocycles. The van der Waals surface area contributed by atoms with Gasteiger partial charge in [-0.2, -0.15) is 0 Å². The number of nitrogens with zero attached hydrogens (tertiary/aromatic N) is 1. The van der Waals surface area contributed by atoms with Crippen LogP contribution in [0.2, 0.25) is 0 Å². The number of nitrogens with two attached hydrogens (primary N) is 1. The molecule has 0 atom stereocenters. The summed E-state index contributed by atoms with van der Waals surface area (Å²) in [4.78, 5) is 14.2. The van der Waals surface area contributed by atoms with Gasteiger partial charge in [0, 0.05) is 24.8 Å². The van der Waals surface area contributed by atoms with Crippen LogP contribution < -0.4 is 5.73 Å². The van der Waals surface area contributed by atoms with Crippen LogP contribution in [0.25, 0.3) is 0 Å². The Morgan fingerprint density at radius 3 is 2.50 bits per heavy atom. The summed E-state index contributed by atoms with van der Waals surface area (Å²) >= 11 is 0. The van der Waals surface area contributed by atoms with Crippen LogP contribution in [0.15, 0.2) is 42.5 Å². The standard InChI is InChI=1S/C17H20N2O/c1-12-8-9-15(13(2)10-12)17(20)19(3)11-14-6-4-5-7-16(14)18/h4-10H,11,18H2,1-3H3. The van der Waals surface area contributed by atoms with Crippen LogP contribution in [0.1, 0.15) is 27.0 Å². The highest BCUT2D eigenvalue weighted by Gasteiger charge is 2.15. The number of nitrogen functional groups attached to an aromatic ring is 1. The van der Waals surface area contributed by atoms with E-state index in [1.54, 1.807) is 11.9 Å². The van der Waals surface area contributed by atoms with E-state index in [0.29, 0.717) is 12.2 Å². The number of carbonyl (C=O) groups is 1. The minimum atomic E-state index is 0.0192. The lowest BCUT2D eigenvalue weighted by atomic mass is 10.0. The molecule has 0 aromatic heterocycles. The van der Waals surface area contributed by atoms with Crippen molar-refractivity contribution in [1.29, 1.82) is 0 Å². The lowest BCUT2D eigenvalue weighted by Crippen LogP contribution is -2.27. The number of para-hydroxylation sites is 1. The summed E-state index contributed by atoms with van der Waals surface area (Å²) in [6, 6.07) is 13.5. The molecule has 20 heavy (non-hydrogen) atoms. The van der Waals surface area contributed by atoms with Gasteiger partial charge in [0.1, 0.15) is 0 Å². The van der Waals surface area contributed by atoms with E-state index in [2.05, 4.69) is 0 Å². The van der Waals surface area contributed by atoms with Gasteiger partial charge in [-0.05, 0) is 37.1 Å². The van der Waals surface area contributed by atoms with Crippen molar-refractivity contribution in [2.75, 3.05) is 12.8 Å². The quantitative estimate of drug-likeness (QED) is 0.869. The molecular weight excluding hydrogens is 248 g/mol. The molecule has 0 saturated heterocycles. The average molecular weight is 268 g/mol. The van der Waals surface area contributed by atoms with Crippen molar-refractivity contribution in [2.24, 2.45) is 0 Å². The maximum absolute atomic E-state index is 12.5. The second-order valence-corrected chi connectivity index (χ2v) is 5.18. The Kier molecular flexibility index (Phi) is 4.08. The van der Waals surface area contributed by atoms with E-state index in [-0.39, 0.29) is 5.91 Å². The molecule has 2 aromatic carbocycles. The fraction of sp³-hybridized carbons (Fsp3) is 0.235. The number of benzene rings is 2. The van der Waals surface area contributed by atoms with Gasteiger partial charge in [-0.25, -0.2) is 0 Å². The first-order valence-corrected chi connectivity index (χ1v) is 6.65. The first kappa shape index (κ1) is 14.1. The van der Waals surface area contributed by atoms with E-state index < -0.39 is 0 Å². The molecule has 0 fully saturated rings. The van der Waals surface area contributed by atoms with E-state index in [9.17, 15) is 4.79 Å². The molecule has 0 unspecified atom stereocenters. The van der Waals surface area contributed by atoms with Crippen molar-refractivity contribution in [2.45, 2.75) is 20.4 Å². The summed E-state index contributed by atoms with van der Waals surface area (Å²) in [6.07, 6.45) is 0. The predicted molar refractivity (Wildman–Crippen MR) is 82.6 cm³/mol. The summed E-state index contributed by atoms with van der Waals surface area (Å²) in [5, 5.41) is 0. The van der Waals surface area contributed by atoms with Gasteiger partial charge in [0.2, 0.25) is 0 Å². The molecular formula is C17H20N2O. The van der Waals surface area contributed by atoms with Crippen molar-refractivity contribution < 1.29 is 4.79 Å². The van der Waals surface area contributed by atoms with Gasteiger partial charge in [0.15, 0.2) is 0 Å². The Morgan fingerprint density at radius 2 is 1.85 bits per heavy atom. The number of anilines is 1. The number of rotatable bonds is 3. The normalized spacial score (nSPS) is 10.3. The molecule has 0 aliphatic carbocycles. The fourth-order valence-electron chi connectivity index (χ4n) is 2.26. The molecule has 0 aliphatic rings. The van der Waals surface area contributed by atoms with Crippen LogP contribution in [-0.2, 0) is 6.54 Å². The van der Waals surface area contributed by atoms with Gasteiger partial charge in [-0.15, -0.1) is 0 Å². The molecule has 0 radical (unpaired) electrons.